The highest BCUT2D eigenvalue weighted by atomic mass is 16.5. The zero-order valence-electron chi connectivity index (χ0n) is 7.97. The van der Waals surface area contributed by atoms with Crippen molar-refractivity contribution in [1.29, 1.82) is 0 Å². The van der Waals surface area contributed by atoms with Crippen molar-refractivity contribution in [3.8, 4) is 0 Å². The van der Waals surface area contributed by atoms with Gasteiger partial charge in [0.15, 0.2) is 0 Å². The second kappa shape index (κ2) is 2.36. The Morgan fingerprint density at radius 1 is 1.31 bits per heavy atom. The summed E-state index contributed by atoms with van der Waals surface area (Å²) in [4.78, 5) is 0. The van der Waals surface area contributed by atoms with Gasteiger partial charge in [0.2, 0.25) is 0 Å². The van der Waals surface area contributed by atoms with E-state index in [0.29, 0.717) is 5.41 Å². The van der Waals surface area contributed by atoms with E-state index in [0.717, 1.165) is 13.2 Å². The van der Waals surface area contributed by atoms with Gasteiger partial charge in [0, 0.05) is 5.41 Å². The maximum absolute atomic E-state index is 5.61. The van der Waals surface area contributed by atoms with Crippen molar-refractivity contribution in [1.82, 2.24) is 0 Å². The van der Waals surface area contributed by atoms with Gasteiger partial charge in [-0.2, -0.15) is 0 Å². The lowest BCUT2D eigenvalue weighted by Gasteiger charge is -2.25. The summed E-state index contributed by atoms with van der Waals surface area (Å²) in [7, 11) is 0. The molecule has 1 fully saturated rings. The lowest BCUT2D eigenvalue weighted by molar-refractivity contribution is 0.0838. The molecule has 0 atom stereocenters. The van der Waals surface area contributed by atoms with Crippen molar-refractivity contribution in [2.75, 3.05) is 6.61 Å². The molecule has 0 radical (unpaired) electrons. The number of benzene rings is 1. The summed E-state index contributed by atoms with van der Waals surface area (Å²) < 4.78 is 5.61. The molecule has 1 spiro atoms. The summed E-state index contributed by atoms with van der Waals surface area (Å²) in [6.45, 7) is 3.94. The highest BCUT2D eigenvalue weighted by Gasteiger charge is 2.47. The van der Waals surface area contributed by atoms with Crippen molar-refractivity contribution >= 4 is 0 Å². The van der Waals surface area contributed by atoms with Gasteiger partial charge >= 0.3 is 0 Å². The number of fused-ring (bicyclic) bond motifs is 2. The molecular weight excluding hydrogens is 160 g/mol. The fourth-order valence-corrected chi connectivity index (χ4v) is 2.31. The monoisotopic (exact) mass is 174 g/mol. The van der Waals surface area contributed by atoms with Gasteiger partial charge in [-0.25, -0.2) is 0 Å². The van der Waals surface area contributed by atoms with Gasteiger partial charge < -0.3 is 4.74 Å². The smallest absolute Gasteiger partial charge is 0.0720 e. The predicted molar refractivity (Wildman–Crippen MR) is 51.7 cm³/mol. The first kappa shape index (κ1) is 7.57. The van der Waals surface area contributed by atoms with Crippen LogP contribution in [0, 0.1) is 6.92 Å². The largest absolute Gasteiger partial charge is 0.376 e. The third kappa shape index (κ3) is 1.03. The Morgan fingerprint density at radius 2 is 2.15 bits per heavy atom. The molecule has 1 aromatic carbocycles. The van der Waals surface area contributed by atoms with E-state index in [1.807, 2.05) is 0 Å². The fraction of sp³-hybridized carbons (Fsp3) is 0.500. The highest BCUT2D eigenvalue weighted by molar-refractivity contribution is 5.42. The molecule has 0 N–H and O–H groups in total. The van der Waals surface area contributed by atoms with Gasteiger partial charge in [-0.3, -0.25) is 0 Å². The van der Waals surface area contributed by atoms with E-state index >= 15 is 0 Å². The molecule has 1 saturated carbocycles. The second-order valence-electron chi connectivity index (χ2n) is 4.43. The first-order valence-corrected chi connectivity index (χ1v) is 4.98. The quantitative estimate of drug-likeness (QED) is 0.587. The lowest BCUT2D eigenvalue weighted by Crippen LogP contribution is -2.23. The van der Waals surface area contributed by atoms with Crippen molar-refractivity contribution < 1.29 is 4.74 Å². The van der Waals surface area contributed by atoms with Crippen LogP contribution in [0.15, 0.2) is 18.2 Å². The topological polar surface area (TPSA) is 9.23 Å². The van der Waals surface area contributed by atoms with Crippen molar-refractivity contribution in [3.63, 3.8) is 0 Å². The first-order valence-electron chi connectivity index (χ1n) is 4.98. The van der Waals surface area contributed by atoms with E-state index in [1.165, 1.54) is 24.0 Å². The molecule has 1 aliphatic heterocycles. The molecule has 0 aromatic heterocycles. The number of ether oxygens (including phenoxy) is 1. The molecule has 0 bridgehead atoms. The summed E-state index contributed by atoms with van der Waals surface area (Å²) in [5, 5.41) is 0. The maximum atomic E-state index is 5.61. The van der Waals surface area contributed by atoms with E-state index in [2.05, 4.69) is 25.1 Å². The minimum atomic E-state index is 0.430. The van der Waals surface area contributed by atoms with Crippen LogP contribution >= 0.6 is 0 Å². The van der Waals surface area contributed by atoms with Crippen LogP contribution in [-0.4, -0.2) is 6.61 Å². The molecule has 1 aromatic rings. The third-order valence-electron chi connectivity index (χ3n) is 3.33. The number of hydrogen-bond acceptors (Lipinski definition) is 1. The Labute approximate surface area is 78.7 Å². The maximum Gasteiger partial charge on any atom is 0.0720 e. The van der Waals surface area contributed by atoms with E-state index in [-0.39, 0.29) is 0 Å². The van der Waals surface area contributed by atoms with E-state index in [1.54, 1.807) is 5.56 Å². The second-order valence-corrected chi connectivity index (χ2v) is 4.43. The van der Waals surface area contributed by atoms with Crippen LogP contribution in [0.4, 0.5) is 0 Å². The summed E-state index contributed by atoms with van der Waals surface area (Å²) in [5.74, 6) is 0. The van der Waals surface area contributed by atoms with Crippen LogP contribution in [-0.2, 0) is 16.8 Å². The average molecular weight is 174 g/mol. The molecule has 0 unspecified atom stereocenters. The highest BCUT2D eigenvalue weighted by Crippen LogP contribution is 2.51. The zero-order valence-corrected chi connectivity index (χ0v) is 7.97. The molecule has 0 amide bonds. The normalized spacial score (nSPS) is 22.8. The lowest BCUT2D eigenvalue weighted by atomic mass is 9.89. The van der Waals surface area contributed by atoms with Gasteiger partial charge in [0.1, 0.15) is 0 Å². The van der Waals surface area contributed by atoms with Crippen molar-refractivity contribution in [2.24, 2.45) is 0 Å². The number of aryl methyl sites for hydroxylation is 1. The molecule has 68 valence electrons. The zero-order chi connectivity index (χ0) is 8.89. The van der Waals surface area contributed by atoms with Crippen molar-refractivity contribution in [3.05, 3.63) is 34.9 Å². The summed E-state index contributed by atoms with van der Waals surface area (Å²) >= 11 is 0. The third-order valence-corrected chi connectivity index (χ3v) is 3.33. The van der Waals surface area contributed by atoms with E-state index < -0.39 is 0 Å². The van der Waals surface area contributed by atoms with Gasteiger partial charge in [-0.05, 0) is 30.9 Å². The fourth-order valence-electron chi connectivity index (χ4n) is 2.31. The molecule has 0 saturated heterocycles. The van der Waals surface area contributed by atoms with Crippen LogP contribution < -0.4 is 0 Å². The molecule has 3 rings (SSSR count). The molecule has 2 aliphatic rings. The van der Waals surface area contributed by atoms with Gasteiger partial charge in [-0.1, -0.05) is 23.8 Å². The molecule has 13 heavy (non-hydrogen) atoms. The number of rotatable bonds is 0. The molecule has 1 heteroatoms. The molecular formula is C12H14O. The Bertz CT molecular complexity index is 350. The first-order chi connectivity index (χ1) is 6.30. The Balaban J connectivity index is 2.16. The summed E-state index contributed by atoms with van der Waals surface area (Å²) in [6.07, 6.45) is 2.65. The van der Waals surface area contributed by atoms with Gasteiger partial charge in [-0.15, -0.1) is 0 Å². The van der Waals surface area contributed by atoms with Gasteiger partial charge in [0.25, 0.3) is 0 Å². The molecule has 1 aliphatic carbocycles. The summed E-state index contributed by atoms with van der Waals surface area (Å²) in [6, 6.07) is 6.76. The van der Waals surface area contributed by atoms with Crippen molar-refractivity contribution in [2.45, 2.75) is 31.8 Å². The Morgan fingerprint density at radius 3 is 2.92 bits per heavy atom. The van der Waals surface area contributed by atoms with E-state index in [9.17, 15) is 0 Å². The van der Waals surface area contributed by atoms with Crippen LogP contribution in [0.25, 0.3) is 0 Å². The van der Waals surface area contributed by atoms with Crippen LogP contribution in [0.3, 0.4) is 0 Å². The standard InChI is InChI=1S/C12H14O/c1-9-2-3-10-7-13-8-12(4-5-12)11(10)6-9/h2-3,6H,4-5,7-8H2,1H3. The van der Waals surface area contributed by atoms with E-state index in [4.69, 9.17) is 4.74 Å². The molecule has 1 nitrogen and oxygen atoms in total. The average Bonchev–Trinajstić information content (AvgIpc) is 2.88. The molecule has 1 heterocycles. The summed E-state index contributed by atoms with van der Waals surface area (Å²) in [5.41, 5.74) is 4.79. The van der Waals surface area contributed by atoms with Gasteiger partial charge in [0.05, 0.1) is 13.2 Å². The number of hydrogen-bond donors (Lipinski definition) is 0. The SMILES string of the molecule is Cc1ccc2c(c1)C1(CC1)COC2. The van der Waals surface area contributed by atoms with Crippen LogP contribution in [0.2, 0.25) is 0 Å². The predicted octanol–water partition coefficient (Wildman–Crippen LogP) is 2.56. The Hall–Kier alpha value is -0.820. The minimum absolute atomic E-state index is 0.430. The Kier molecular flexibility index (Phi) is 1.37. The van der Waals surface area contributed by atoms with Crippen LogP contribution in [0.1, 0.15) is 29.5 Å². The minimum Gasteiger partial charge on any atom is -0.376 e. The van der Waals surface area contributed by atoms with Crippen LogP contribution in [0.5, 0.6) is 0 Å².